The lowest BCUT2D eigenvalue weighted by Gasteiger charge is -2.40. The smallest absolute Gasteiger partial charge is 0.341 e. The van der Waals surface area contributed by atoms with E-state index >= 15 is 4.39 Å². The number of carboxylic acids is 1. The van der Waals surface area contributed by atoms with Crippen LogP contribution in [0.1, 0.15) is 15.9 Å². The lowest BCUT2D eigenvalue weighted by Crippen LogP contribution is -2.58. The van der Waals surface area contributed by atoms with Crippen molar-refractivity contribution in [3.8, 4) is 5.13 Å². The third-order valence-electron chi connectivity index (χ3n) is 4.55. The predicted octanol–water partition coefficient (Wildman–Crippen LogP) is 0.723. The summed E-state index contributed by atoms with van der Waals surface area (Å²) in [5.41, 5.74) is 1.67. The van der Waals surface area contributed by atoms with Crippen LogP contribution in [0, 0.1) is 12.7 Å². The van der Waals surface area contributed by atoms with Crippen molar-refractivity contribution in [3.05, 3.63) is 39.7 Å². The maximum Gasteiger partial charge on any atom is 0.341 e. The minimum Gasteiger partial charge on any atom is -0.477 e. The van der Waals surface area contributed by atoms with Crippen molar-refractivity contribution in [1.29, 1.82) is 0 Å². The van der Waals surface area contributed by atoms with Crippen LogP contribution in [0.4, 0.5) is 10.2 Å². The Morgan fingerprint density at radius 3 is 2.82 bits per heavy atom. The summed E-state index contributed by atoms with van der Waals surface area (Å²) in [4.78, 5) is 39.2. The molecule has 2 N–H and O–H groups in total. The molecule has 1 aliphatic heterocycles. The van der Waals surface area contributed by atoms with Crippen LogP contribution in [-0.4, -0.2) is 56.2 Å². The molecule has 0 radical (unpaired) electrons. The maximum atomic E-state index is 15.0. The number of nitrogens with one attached hydrogen (secondary N) is 1. The first kappa shape index (κ1) is 18.4. The summed E-state index contributed by atoms with van der Waals surface area (Å²) < 4.78 is 20.3. The van der Waals surface area contributed by atoms with Crippen molar-refractivity contribution >= 4 is 34.4 Å². The Morgan fingerprint density at radius 2 is 2.21 bits per heavy atom. The molecule has 0 aromatic carbocycles. The number of aryl methyl sites for hydroxylation is 1. The van der Waals surface area contributed by atoms with Gasteiger partial charge in [-0.25, -0.2) is 19.2 Å². The number of halogens is 1. The van der Waals surface area contributed by atoms with Gasteiger partial charge in [0.2, 0.25) is 10.6 Å². The third kappa shape index (κ3) is 2.82. The van der Waals surface area contributed by atoms with Gasteiger partial charge in [-0.05, 0) is 6.92 Å². The fourth-order valence-corrected chi connectivity index (χ4v) is 3.66. The van der Waals surface area contributed by atoms with E-state index in [0.29, 0.717) is 18.2 Å². The van der Waals surface area contributed by atoms with Gasteiger partial charge in [-0.1, -0.05) is 0 Å². The molecule has 3 aromatic rings. The minimum absolute atomic E-state index is 0.0296. The molecule has 1 aliphatic rings. The first-order valence-corrected chi connectivity index (χ1v) is 8.99. The van der Waals surface area contributed by atoms with Crippen LogP contribution in [0.3, 0.4) is 0 Å². The van der Waals surface area contributed by atoms with Crippen LogP contribution in [0.5, 0.6) is 0 Å². The Labute approximate surface area is 161 Å². The highest BCUT2D eigenvalue weighted by Crippen LogP contribution is 2.29. The number of hydrogen-bond acceptors (Lipinski definition) is 9. The summed E-state index contributed by atoms with van der Waals surface area (Å²) in [5, 5.41) is 9.61. The molecule has 0 aliphatic carbocycles. The van der Waals surface area contributed by atoms with E-state index in [4.69, 9.17) is 4.84 Å². The zero-order chi connectivity index (χ0) is 20.0. The summed E-state index contributed by atoms with van der Waals surface area (Å²) in [6, 6.07) is 0.0296. The van der Waals surface area contributed by atoms with E-state index in [1.165, 1.54) is 24.9 Å². The van der Waals surface area contributed by atoms with Crippen molar-refractivity contribution in [1.82, 2.24) is 24.4 Å². The molecule has 0 unspecified atom stereocenters. The lowest BCUT2D eigenvalue weighted by molar-refractivity contribution is 0.0516. The van der Waals surface area contributed by atoms with Crippen LogP contribution in [-0.2, 0) is 4.84 Å². The van der Waals surface area contributed by atoms with Crippen LogP contribution < -0.4 is 15.8 Å². The van der Waals surface area contributed by atoms with E-state index in [1.807, 2.05) is 0 Å². The fourth-order valence-electron chi connectivity index (χ4n) is 3.15. The molecular weight excluding hydrogens is 391 g/mol. The number of carbonyl (C=O) groups is 1. The number of aromatic nitrogens is 4. The van der Waals surface area contributed by atoms with Gasteiger partial charge in [0.15, 0.2) is 17.3 Å². The van der Waals surface area contributed by atoms with Gasteiger partial charge in [-0.2, -0.15) is 9.85 Å². The Morgan fingerprint density at radius 1 is 1.46 bits per heavy atom. The molecule has 146 valence electrons. The zero-order valence-electron chi connectivity index (χ0n) is 14.8. The second kappa shape index (κ2) is 6.89. The molecule has 0 spiro atoms. The second-order valence-corrected chi connectivity index (χ2v) is 7.03. The highest BCUT2D eigenvalue weighted by molar-refractivity contribution is 7.08. The van der Waals surface area contributed by atoms with Gasteiger partial charge in [-0.15, -0.1) is 0 Å². The van der Waals surface area contributed by atoms with E-state index in [2.05, 4.69) is 19.8 Å². The number of aromatic carboxylic acids is 1. The largest absolute Gasteiger partial charge is 0.477 e. The molecule has 12 heteroatoms. The van der Waals surface area contributed by atoms with Crippen molar-refractivity contribution in [3.63, 3.8) is 0 Å². The normalized spacial score (nSPS) is 14.5. The molecule has 10 nitrogen and oxygen atoms in total. The molecule has 3 aromatic heterocycles. The van der Waals surface area contributed by atoms with Crippen molar-refractivity contribution in [2.45, 2.75) is 13.0 Å². The van der Waals surface area contributed by atoms with Crippen molar-refractivity contribution < 1.29 is 19.1 Å². The lowest BCUT2D eigenvalue weighted by atomic mass is 10.1. The van der Waals surface area contributed by atoms with Crippen molar-refractivity contribution in [2.75, 3.05) is 25.1 Å². The van der Waals surface area contributed by atoms with E-state index in [-0.39, 0.29) is 28.5 Å². The van der Waals surface area contributed by atoms with Gasteiger partial charge in [0.25, 0.3) is 0 Å². The van der Waals surface area contributed by atoms with E-state index in [1.54, 1.807) is 4.90 Å². The summed E-state index contributed by atoms with van der Waals surface area (Å²) in [6.07, 6.45) is 2.45. The molecule has 1 fully saturated rings. The summed E-state index contributed by atoms with van der Waals surface area (Å²) >= 11 is 1.00. The molecular formula is C16H15FN6O4S. The summed E-state index contributed by atoms with van der Waals surface area (Å²) in [7, 11) is 1.50. The van der Waals surface area contributed by atoms with E-state index < -0.39 is 22.8 Å². The number of hydroxylamine groups is 1. The van der Waals surface area contributed by atoms with Gasteiger partial charge in [0.1, 0.15) is 11.9 Å². The van der Waals surface area contributed by atoms with E-state index in [9.17, 15) is 14.7 Å². The average molecular weight is 406 g/mol. The molecule has 4 rings (SSSR count). The Bertz CT molecular complexity index is 1130. The standard InChI is InChI=1S/C16H15FN6O4S/c1-7-10-12(24)9(15(25)26)5-23(16-18-6-19-28-16)13(10)20-14(11(7)17)22-3-8(4-22)21-27-2/h5-6,8,21H,3-4H2,1-2H3,(H,25,26). The zero-order valence-corrected chi connectivity index (χ0v) is 15.7. The Hall–Kier alpha value is -2.96. The Kier molecular flexibility index (Phi) is 4.53. The number of fused-ring (bicyclic) bond motifs is 1. The molecule has 0 atom stereocenters. The van der Waals surface area contributed by atoms with Crippen molar-refractivity contribution in [2.24, 2.45) is 0 Å². The van der Waals surface area contributed by atoms with Gasteiger partial charge in [-0.3, -0.25) is 9.36 Å². The summed E-state index contributed by atoms with van der Waals surface area (Å²) in [5.74, 6) is -1.99. The predicted molar refractivity (Wildman–Crippen MR) is 98.6 cm³/mol. The first-order chi connectivity index (χ1) is 13.4. The highest BCUT2D eigenvalue weighted by Gasteiger charge is 2.32. The first-order valence-electron chi connectivity index (χ1n) is 8.21. The number of pyridine rings is 2. The molecule has 28 heavy (non-hydrogen) atoms. The number of hydrogen-bond donors (Lipinski definition) is 2. The molecule has 1 saturated heterocycles. The van der Waals surface area contributed by atoms with Crippen LogP contribution in [0.2, 0.25) is 0 Å². The third-order valence-corrected chi connectivity index (χ3v) is 5.21. The topological polar surface area (TPSA) is 122 Å². The molecule has 4 heterocycles. The van der Waals surface area contributed by atoms with Crippen LogP contribution in [0.25, 0.3) is 16.2 Å². The summed E-state index contributed by atoms with van der Waals surface area (Å²) in [6.45, 7) is 2.38. The van der Waals surface area contributed by atoms with Gasteiger partial charge >= 0.3 is 5.97 Å². The van der Waals surface area contributed by atoms with Gasteiger partial charge < -0.3 is 14.8 Å². The number of anilines is 1. The van der Waals surface area contributed by atoms with Gasteiger partial charge in [0.05, 0.1) is 18.5 Å². The van der Waals surface area contributed by atoms with Crippen LogP contribution >= 0.6 is 11.5 Å². The number of carboxylic acid groups (broad SMARTS) is 1. The monoisotopic (exact) mass is 406 g/mol. The molecule has 0 saturated carbocycles. The maximum absolute atomic E-state index is 15.0. The minimum atomic E-state index is -1.41. The quantitative estimate of drug-likeness (QED) is 0.590. The average Bonchev–Trinajstić information content (AvgIpc) is 3.15. The van der Waals surface area contributed by atoms with Crippen LogP contribution in [0.15, 0.2) is 17.3 Å². The second-order valence-electron chi connectivity index (χ2n) is 6.27. The fraction of sp³-hybridized carbons (Fsp3) is 0.312. The van der Waals surface area contributed by atoms with Gasteiger partial charge in [0, 0.05) is 36.4 Å². The highest BCUT2D eigenvalue weighted by atomic mass is 32.1. The number of nitrogens with zero attached hydrogens (tertiary/aromatic N) is 5. The SMILES string of the molecule is CONC1CN(c2nc3c(c(C)c2F)c(=O)c(C(=O)O)cn3-c2ncns2)C1. The Balaban J connectivity index is 1.96. The molecule has 0 amide bonds. The number of rotatable bonds is 5. The van der Waals surface area contributed by atoms with E-state index in [0.717, 1.165) is 17.7 Å². The molecule has 0 bridgehead atoms.